The zero-order valence-electron chi connectivity index (χ0n) is 10.5. The first kappa shape index (κ1) is 14.1. The summed E-state index contributed by atoms with van der Waals surface area (Å²) in [5.41, 5.74) is 0.981. The molecule has 0 spiro atoms. The Morgan fingerprint density at radius 3 is 2.20 bits per heavy atom. The van der Waals surface area contributed by atoms with Crippen molar-refractivity contribution in [2.75, 3.05) is 0 Å². The van der Waals surface area contributed by atoms with Gasteiger partial charge >= 0.3 is 11.9 Å². The molecule has 2 aromatic rings. The Hall–Kier alpha value is -2.34. The van der Waals surface area contributed by atoms with Crippen molar-refractivity contribution in [3.63, 3.8) is 0 Å². The Morgan fingerprint density at radius 1 is 1.20 bits per heavy atom. The highest BCUT2D eigenvalue weighted by atomic mass is 35.5. The molecule has 0 aliphatic heterocycles. The van der Waals surface area contributed by atoms with Crippen molar-refractivity contribution in [1.82, 2.24) is 9.78 Å². The fraction of sp³-hybridized carbons (Fsp3) is 0.154. The number of carboxylic acids is 2. The van der Waals surface area contributed by atoms with E-state index < -0.39 is 11.9 Å². The van der Waals surface area contributed by atoms with Gasteiger partial charge in [0.15, 0.2) is 0 Å². The zero-order chi connectivity index (χ0) is 14.9. The quantitative estimate of drug-likeness (QED) is 0.903. The second kappa shape index (κ2) is 5.34. The molecule has 0 saturated heterocycles. The van der Waals surface area contributed by atoms with Gasteiger partial charge in [-0.1, -0.05) is 18.5 Å². The van der Waals surface area contributed by atoms with Gasteiger partial charge in [0.25, 0.3) is 0 Å². The van der Waals surface area contributed by atoms with Crippen molar-refractivity contribution in [3.05, 3.63) is 46.2 Å². The molecule has 0 fully saturated rings. The SMILES string of the molecule is CCc1nn(-c2ccc(C(=O)O)cc2)c(Cl)c1C(=O)O. The highest BCUT2D eigenvalue weighted by Crippen LogP contribution is 2.24. The standard InChI is InChI=1S/C13H11ClN2O4/c1-2-9-10(13(19)20)11(14)16(15-9)8-5-3-7(4-6-8)12(17)18/h3-6H,2H2,1H3,(H,17,18)(H,19,20). The van der Waals surface area contributed by atoms with Gasteiger partial charge in [0.05, 0.1) is 16.9 Å². The lowest BCUT2D eigenvalue weighted by atomic mass is 10.2. The van der Waals surface area contributed by atoms with E-state index in [1.54, 1.807) is 6.92 Å². The van der Waals surface area contributed by atoms with Crippen molar-refractivity contribution in [2.45, 2.75) is 13.3 Å². The summed E-state index contributed by atoms with van der Waals surface area (Å²) in [6, 6.07) is 5.85. The van der Waals surface area contributed by atoms with Crippen LogP contribution in [0.1, 0.15) is 33.3 Å². The number of carbonyl (C=O) groups is 2. The molecule has 1 heterocycles. The Balaban J connectivity index is 2.53. The Labute approximate surface area is 119 Å². The number of halogens is 1. The first-order valence-corrected chi connectivity index (χ1v) is 6.18. The number of aromatic carboxylic acids is 2. The molecular formula is C13H11ClN2O4. The molecule has 2 rings (SSSR count). The van der Waals surface area contributed by atoms with Gasteiger partial charge in [-0.2, -0.15) is 5.10 Å². The number of benzene rings is 1. The molecule has 0 unspecified atom stereocenters. The van der Waals surface area contributed by atoms with Crippen LogP contribution >= 0.6 is 11.6 Å². The largest absolute Gasteiger partial charge is 0.478 e. The summed E-state index contributed by atoms with van der Waals surface area (Å²) in [5.74, 6) is -2.18. The highest BCUT2D eigenvalue weighted by molar-refractivity contribution is 6.33. The molecule has 0 amide bonds. The fourth-order valence-electron chi connectivity index (χ4n) is 1.82. The lowest BCUT2D eigenvalue weighted by Gasteiger charge is -2.03. The van der Waals surface area contributed by atoms with Crippen molar-refractivity contribution in [1.29, 1.82) is 0 Å². The van der Waals surface area contributed by atoms with Gasteiger partial charge in [0.1, 0.15) is 10.7 Å². The van der Waals surface area contributed by atoms with Crippen LogP contribution in [-0.2, 0) is 6.42 Å². The van der Waals surface area contributed by atoms with Crippen LogP contribution in [0.25, 0.3) is 5.69 Å². The molecule has 0 bridgehead atoms. The first-order chi connectivity index (χ1) is 9.45. The third-order valence-electron chi connectivity index (χ3n) is 2.81. The Morgan fingerprint density at radius 2 is 1.80 bits per heavy atom. The summed E-state index contributed by atoms with van der Waals surface area (Å²) in [6.07, 6.45) is 0.432. The number of nitrogens with zero attached hydrogens (tertiary/aromatic N) is 2. The molecule has 0 aliphatic carbocycles. The Bertz CT molecular complexity index is 676. The number of aryl methyl sites for hydroxylation is 1. The van der Waals surface area contributed by atoms with Crippen LogP contribution in [0, 0.1) is 0 Å². The maximum absolute atomic E-state index is 11.2. The minimum Gasteiger partial charge on any atom is -0.478 e. The number of hydrogen-bond acceptors (Lipinski definition) is 3. The van der Waals surface area contributed by atoms with Crippen LogP contribution in [0.15, 0.2) is 24.3 Å². The van der Waals surface area contributed by atoms with Gasteiger partial charge in [0, 0.05) is 0 Å². The molecule has 1 aromatic heterocycles. The van der Waals surface area contributed by atoms with Crippen LogP contribution in [0.4, 0.5) is 0 Å². The summed E-state index contributed by atoms with van der Waals surface area (Å²) in [4.78, 5) is 22.0. The van der Waals surface area contributed by atoms with Crippen LogP contribution in [0.5, 0.6) is 0 Å². The fourth-order valence-corrected chi connectivity index (χ4v) is 2.14. The van der Waals surface area contributed by atoms with E-state index in [4.69, 9.17) is 21.8 Å². The van der Waals surface area contributed by atoms with Crippen molar-refractivity contribution in [3.8, 4) is 5.69 Å². The van der Waals surface area contributed by atoms with E-state index in [1.165, 1.54) is 28.9 Å². The number of aromatic nitrogens is 2. The van der Waals surface area contributed by atoms with E-state index in [0.717, 1.165) is 0 Å². The Kier molecular flexibility index (Phi) is 3.76. The molecule has 2 N–H and O–H groups in total. The molecule has 0 aliphatic rings. The zero-order valence-corrected chi connectivity index (χ0v) is 11.3. The average Bonchev–Trinajstić information content (AvgIpc) is 2.75. The summed E-state index contributed by atoms with van der Waals surface area (Å²) >= 11 is 6.04. The molecule has 6 nitrogen and oxygen atoms in total. The summed E-state index contributed by atoms with van der Waals surface area (Å²) in [5, 5.41) is 22.1. The van der Waals surface area contributed by atoms with Crippen molar-refractivity contribution >= 4 is 23.5 Å². The van der Waals surface area contributed by atoms with E-state index in [1.807, 2.05) is 0 Å². The van der Waals surface area contributed by atoms with Gasteiger partial charge < -0.3 is 10.2 Å². The molecular weight excluding hydrogens is 284 g/mol. The predicted octanol–water partition coefficient (Wildman–Crippen LogP) is 2.48. The second-order valence-electron chi connectivity index (χ2n) is 4.04. The van der Waals surface area contributed by atoms with Gasteiger partial charge in [-0.25, -0.2) is 14.3 Å². The lowest BCUT2D eigenvalue weighted by Crippen LogP contribution is -2.01. The number of rotatable bonds is 4. The van der Waals surface area contributed by atoms with E-state index >= 15 is 0 Å². The number of carboxylic acid groups (broad SMARTS) is 2. The minimum absolute atomic E-state index is 0.00238. The van der Waals surface area contributed by atoms with E-state index in [-0.39, 0.29) is 16.3 Å². The van der Waals surface area contributed by atoms with E-state index in [2.05, 4.69) is 5.10 Å². The second-order valence-corrected chi connectivity index (χ2v) is 4.39. The first-order valence-electron chi connectivity index (χ1n) is 5.80. The van der Waals surface area contributed by atoms with Gasteiger partial charge in [0.2, 0.25) is 0 Å². The smallest absolute Gasteiger partial charge is 0.340 e. The minimum atomic E-state index is -1.14. The van der Waals surface area contributed by atoms with Crippen LogP contribution in [0.2, 0.25) is 5.15 Å². The van der Waals surface area contributed by atoms with Crippen LogP contribution < -0.4 is 0 Å². The summed E-state index contributed by atoms with van der Waals surface area (Å²) in [7, 11) is 0. The summed E-state index contributed by atoms with van der Waals surface area (Å²) in [6.45, 7) is 1.78. The third-order valence-corrected chi connectivity index (χ3v) is 3.16. The van der Waals surface area contributed by atoms with Gasteiger partial charge in [-0.05, 0) is 30.7 Å². The highest BCUT2D eigenvalue weighted by Gasteiger charge is 2.21. The van der Waals surface area contributed by atoms with Gasteiger partial charge in [-0.15, -0.1) is 0 Å². The normalized spacial score (nSPS) is 10.5. The molecule has 0 atom stereocenters. The molecule has 104 valence electrons. The molecule has 1 aromatic carbocycles. The average molecular weight is 295 g/mol. The van der Waals surface area contributed by atoms with Crippen molar-refractivity contribution < 1.29 is 19.8 Å². The van der Waals surface area contributed by atoms with Crippen LogP contribution in [0.3, 0.4) is 0 Å². The van der Waals surface area contributed by atoms with Crippen LogP contribution in [-0.4, -0.2) is 31.9 Å². The van der Waals surface area contributed by atoms with E-state index in [9.17, 15) is 9.59 Å². The maximum atomic E-state index is 11.2. The summed E-state index contributed by atoms with van der Waals surface area (Å²) < 4.78 is 1.29. The van der Waals surface area contributed by atoms with Crippen molar-refractivity contribution in [2.24, 2.45) is 0 Å². The monoisotopic (exact) mass is 294 g/mol. The topological polar surface area (TPSA) is 92.4 Å². The maximum Gasteiger partial charge on any atom is 0.340 e. The molecule has 7 heteroatoms. The lowest BCUT2D eigenvalue weighted by molar-refractivity contribution is 0.0685. The molecule has 0 radical (unpaired) electrons. The van der Waals surface area contributed by atoms with E-state index in [0.29, 0.717) is 17.8 Å². The number of hydrogen-bond donors (Lipinski definition) is 2. The third kappa shape index (κ3) is 2.37. The van der Waals surface area contributed by atoms with Gasteiger partial charge in [-0.3, -0.25) is 0 Å². The molecule has 0 saturated carbocycles. The predicted molar refractivity (Wildman–Crippen MR) is 71.9 cm³/mol. The molecule has 20 heavy (non-hydrogen) atoms.